The Morgan fingerprint density at radius 1 is 1.48 bits per heavy atom. The first-order valence-electron chi connectivity index (χ1n) is 7.40. The van der Waals surface area contributed by atoms with Gasteiger partial charge in [-0.25, -0.2) is 0 Å². The van der Waals surface area contributed by atoms with E-state index in [-0.39, 0.29) is 23.7 Å². The number of amides is 1. The van der Waals surface area contributed by atoms with E-state index in [2.05, 4.69) is 30.4 Å². The van der Waals surface area contributed by atoms with E-state index >= 15 is 0 Å². The van der Waals surface area contributed by atoms with Gasteiger partial charge in [-0.3, -0.25) is 14.3 Å². The number of rotatable bonds is 4. The molecule has 3 unspecified atom stereocenters. The van der Waals surface area contributed by atoms with E-state index in [0.717, 1.165) is 18.4 Å². The Kier molecular flexibility index (Phi) is 3.66. The Hall–Kier alpha value is -1.20. The second-order valence-electron chi connectivity index (χ2n) is 6.34. The van der Waals surface area contributed by atoms with Crippen LogP contribution in [0, 0.1) is 6.92 Å². The molecule has 1 amide bonds. The molecule has 1 N–H and O–H groups in total. The summed E-state index contributed by atoms with van der Waals surface area (Å²) < 4.78 is 11.5. The summed E-state index contributed by atoms with van der Waals surface area (Å²) in [7, 11) is -0.908. The normalized spacial score (nSPS) is 26.1. The molecule has 0 bridgehead atoms. The second-order valence-corrected chi connectivity index (χ2v) is 7.82. The van der Waals surface area contributed by atoms with E-state index in [0.29, 0.717) is 5.75 Å². The van der Waals surface area contributed by atoms with Gasteiger partial charge in [0.1, 0.15) is 11.7 Å². The minimum Gasteiger partial charge on any atom is -0.318 e. The van der Waals surface area contributed by atoms with Gasteiger partial charge in [-0.2, -0.15) is 0 Å². The van der Waals surface area contributed by atoms with Crippen LogP contribution >= 0.6 is 0 Å². The molecule has 1 saturated heterocycles. The van der Waals surface area contributed by atoms with Gasteiger partial charge in [-0.05, 0) is 32.3 Å². The van der Waals surface area contributed by atoms with E-state index in [9.17, 15) is 9.00 Å². The van der Waals surface area contributed by atoms with E-state index in [1.165, 1.54) is 5.56 Å². The molecule has 1 aromatic rings. The minimum atomic E-state index is -0.908. The van der Waals surface area contributed by atoms with Gasteiger partial charge in [-0.15, -0.1) is 0 Å². The number of benzene rings is 1. The van der Waals surface area contributed by atoms with Crippen LogP contribution in [0.2, 0.25) is 0 Å². The average Bonchev–Trinajstić information content (AvgIpc) is 3.11. The first kappa shape index (κ1) is 14.7. The maximum Gasteiger partial charge on any atom is 0.244 e. The summed E-state index contributed by atoms with van der Waals surface area (Å²) >= 11 is 0. The van der Waals surface area contributed by atoms with Crippen molar-refractivity contribution in [3.8, 4) is 0 Å². The molecule has 2 fully saturated rings. The number of carbonyl (C=O) groups is 1. The molecule has 1 aromatic carbocycles. The highest BCUT2D eigenvalue weighted by molar-refractivity contribution is 7.84. The lowest BCUT2D eigenvalue weighted by atomic mass is 10.1. The van der Waals surface area contributed by atoms with Crippen LogP contribution in [0.4, 0.5) is 0 Å². The SMILES string of the molecule is Cc1cccc(C2NC3(CC3)C(=O)N2C(C)CS(C)=O)c1. The maximum atomic E-state index is 12.7. The van der Waals surface area contributed by atoms with Crippen molar-refractivity contribution in [1.29, 1.82) is 0 Å². The van der Waals surface area contributed by atoms with Crippen molar-refractivity contribution in [3.05, 3.63) is 35.4 Å². The topological polar surface area (TPSA) is 49.4 Å². The number of hydrogen-bond donors (Lipinski definition) is 1. The molecule has 3 rings (SSSR count). The molecule has 5 heteroatoms. The Balaban J connectivity index is 1.93. The summed E-state index contributed by atoms with van der Waals surface area (Å²) in [6.07, 6.45) is 3.41. The van der Waals surface area contributed by atoms with Crippen LogP contribution in [-0.2, 0) is 15.6 Å². The Morgan fingerprint density at radius 2 is 2.19 bits per heavy atom. The highest BCUT2D eigenvalue weighted by atomic mass is 32.2. The van der Waals surface area contributed by atoms with Crippen LogP contribution in [0.3, 0.4) is 0 Å². The number of nitrogens with zero attached hydrogens (tertiary/aromatic N) is 1. The molecule has 1 spiro atoms. The molecule has 0 aromatic heterocycles. The van der Waals surface area contributed by atoms with Gasteiger partial charge in [0.25, 0.3) is 0 Å². The molecule has 1 saturated carbocycles. The quantitative estimate of drug-likeness (QED) is 0.921. The predicted molar refractivity (Wildman–Crippen MR) is 84.3 cm³/mol. The van der Waals surface area contributed by atoms with Crippen LogP contribution < -0.4 is 5.32 Å². The lowest BCUT2D eigenvalue weighted by Gasteiger charge is -2.30. The number of hydrogen-bond acceptors (Lipinski definition) is 3. The zero-order chi connectivity index (χ0) is 15.2. The van der Waals surface area contributed by atoms with Crippen LogP contribution in [-0.4, -0.2) is 38.6 Å². The first-order chi connectivity index (χ1) is 9.93. The van der Waals surface area contributed by atoms with Gasteiger partial charge in [0, 0.05) is 28.9 Å². The van der Waals surface area contributed by atoms with Gasteiger partial charge in [0.15, 0.2) is 0 Å². The Bertz CT molecular complexity index is 598. The van der Waals surface area contributed by atoms with Crippen molar-refractivity contribution in [2.24, 2.45) is 0 Å². The van der Waals surface area contributed by atoms with E-state index < -0.39 is 10.8 Å². The molecule has 2 aliphatic rings. The number of nitrogens with one attached hydrogen (secondary N) is 1. The van der Waals surface area contributed by atoms with Gasteiger partial charge in [-0.1, -0.05) is 29.8 Å². The third-order valence-corrected chi connectivity index (χ3v) is 5.35. The fraction of sp³-hybridized carbons (Fsp3) is 0.562. The summed E-state index contributed by atoms with van der Waals surface area (Å²) in [5.41, 5.74) is 1.95. The van der Waals surface area contributed by atoms with Crippen molar-refractivity contribution >= 4 is 16.7 Å². The lowest BCUT2D eigenvalue weighted by molar-refractivity contribution is -0.132. The molecule has 0 radical (unpaired) electrons. The maximum absolute atomic E-state index is 12.7. The first-order valence-corrected chi connectivity index (χ1v) is 9.13. The van der Waals surface area contributed by atoms with Crippen LogP contribution in [0.15, 0.2) is 24.3 Å². The summed E-state index contributed by atoms with van der Waals surface area (Å²) in [5.74, 6) is 0.693. The minimum absolute atomic E-state index is 0.0266. The number of carbonyl (C=O) groups excluding carboxylic acids is 1. The molecule has 21 heavy (non-hydrogen) atoms. The largest absolute Gasteiger partial charge is 0.318 e. The van der Waals surface area contributed by atoms with Crippen molar-refractivity contribution in [3.63, 3.8) is 0 Å². The van der Waals surface area contributed by atoms with E-state index in [4.69, 9.17) is 0 Å². The second kappa shape index (κ2) is 5.21. The lowest BCUT2D eigenvalue weighted by Crippen LogP contribution is -2.41. The van der Waals surface area contributed by atoms with Crippen LogP contribution in [0.25, 0.3) is 0 Å². The predicted octanol–water partition coefficient (Wildman–Crippen LogP) is 1.73. The Labute approximate surface area is 128 Å². The molecule has 3 atom stereocenters. The van der Waals surface area contributed by atoms with E-state index in [1.54, 1.807) is 6.26 Å². The zero-order valence-electron chi connectivity index (χ0n) is 12.8. The van der Waals surface area contributed by atoms with Crippen molar-refractivity contribution in [2.75, 3.05) is 12.0 Å². The van der Waals surface area contributed by atoms with Crippen molar-refractivity contribution in [1.82, 2.24) is 10.2 Å². The molecule has 4 nitrogen and oxygen atoms in total. The smallest absolute Gasteiger partial charge is 0.244 e. The van der Waals surface area contributed by atoms with Gasteiger partial charge < -0.3 is 4.90 Å². The van der Waals surface area contributed by atoms with Crippen molar-refractivity contribution < 1.29 is 9.00 Å². The van der Waals surface area contributed by atoms with Crippen LogP contribution in [0.5, 0.6) is 0 Å². The van der Waals surface area contributed by atoms with Gasteiger partial charge in [0.2, 0.25) is 5.91 Å². The summed E-state index contributed by atoms with van der Waals surface area (Å²) in [5, 5.41) is 3.52. The third-order valence-electron chi connectivity index (χ3n) is 4.39. The summed E-state index contributed by atoms with van der Waals surface area (Å²) in [4.78, 5) is 14.7. The molecule has 114 valence electrons. The monoisotopic (exact) mass is 306 g/mol. The molecule has 1 heterocycles. The van der Waals surface area contributed by atoms with E-state index in [1.807, 2.05) is 17.9 Å². The fourth-order valence-electron chi connectivity index (χ4n) is 3.20. The molecular formula is C16H22N2O2S. The highest BCUT2D eigenvalue weighted by Crippen LogP contribution is 2.46. The van der Waals surface area contributed by atoms with Crippen LogP contribution in [0.1, 0.15) is 37.1 Å². The average molecular weight is 306 g/mol. The van der Waals surface area contributed by atoms with Gasteiger partial charge in [0.05, 0.1) is 0 Å². The standard InChI is InChI=1S/C16H22N2O2S/c1-11-5-4-6-13(9-11)14-17-16(7-8-16)15(19)18(14)12(2)10-21(3)20/h4-6,9,12,14,17H,7-8,10H2,1-3H3. The highest BCUT2D eigenvalue weighted by Gasteiger charge is 2.60. The summed E-state index contributed by atoms with van der Waals surface area (Å²) in [6.45, 7) is 4.05. The molecular weight excluding hydrogens is 284 g/mol. The fourth-order valence-corrected chi connectivity index (χ4v) is 4.04. The van der Waals surface area contributed by atoms with Crippen molar-refractivity contribution in [2.45, 2.75) is 44.4 Å². The Morgan fingerprint density at radius 3 is 2.76 bits per heavy atom. The molecule has 1 aliphatic heterocycles. The van der Waals surface area contributed by atoms with Gasteiger partial charge >= 0.3 is 0 Å². The summed E-state index contributed by atoms with van der Waals surface area (Å²) in [6, 6.07) is 8.23. The molecule has 1 aliphatic carbocycles. The zero-order valence-corrected chi connectivity index (χ0v) is 13.6. The number of aryl methyl sites for hydroxylation is 1. The third kappa shape index (κ3) is 2.64.